The van der Waals surface area contributed by atoms with E-state index < -0.39 is 5.91 Å². The summed E-state index contributed by atoms with van der Waals surface area (Å²) in [7, 11) is 0. The molecule has 3 aromatic rings. The Labute approximate surface area is 180 Å². The van der Waals surface area contributed by atoms with Gasteiger partial charge in [-0.1, -0.05) is 60.5 Å². The number of hydrogen-bond donors (Lipinski definition) is 2. The van der Waals surface area contributed by atoms with Crippen LogP contribution in [0.25, 0.3) is 0 Å². The van der Waals surface area contributed by atoms with Crippen molar-refractivity contribution >= 4 is 34.8 Å². The molecule has 0 aliphatic carbocycles. The molecule has 0 saturated carbocycles. The zero-order valence-corrected chi connectivity index (χ0v) is 17.4. The number of ether oxygens (including phenoxy) is 1. The van der Waals surface area contributed by atoms with Crippen LogP contribution in [-0.4, -0.2) is 17.6 Å². The lowest BCUT2D eigenvalue weighted by Gasteiger charge is -2.19. The smallest absolute Gasteiger partial charge is 0.259 e. The second-order valence-electron chi connectivity index (χ2n) is 6.58. The van der Waals surface area contributed by atoms with E-state index in [0.717, 1.165) is 6.42 Å². The van der Waals surface area contributed by atoms with E-state index in [0.29, 0.717) is 28.1 Å². The number of phenolic OH excluding ortho intramolecular Hbond substituents is 1. The van der Waals surface area contributed by atoms with E-state index in [-0.39, 0.29) is 17.2 Å². The summed E-state index contributed by atoms with van der Waals surface area (Å²) in [6.07, 6.45) is 0.912. The fourth-order valence-corrected chi connectivity index (χ4v) is 3.32. The number of carbonyl (C=O) groups is 1. The number of phenols is 1. The van der Waals surface area contributed by atoms with Gasteiger partial charge in [0.05, 0.1) is 17.9 Å². The number of benzene rings is 3. The maximum atomic E-state index is 12.6. The summed E-state index contributed by atoms with van der Waals surface area (Å²) in [4.78, 5) is 12.6. The van der Waals surface area contributed by atoms with Crippen LogP contribution >= 0.6 is 23.2 Å². The van der Waals surface area contributed by atoms with Gasteiger partial charge in [-0.05, 0) is 48.4 Å². The van der Waals surface area contributed by atoms with Gasteiger partial charge in [0.15, 0.2) is 0 Å². The molecule has 1 unspecified atom stereocenters. The summed E-state index contributed by atoms with van der Waals surface area (Å²) in [5.74, 6) is 0.0461. The fourth-order valence-electron chi connectivity index (χ4n) is 2.97. The lowest BCUT2D eigenvalue weighted by Crippen LogP contribution is -2.15. The van der Waals surface area contributed by atoms with Gasteiger partial charge in [0.2, 0.25) is 0 Å². The Morgan fingerprint density at radius 1 is 1.03 bits per heavy atom. The van der Waals surface area contributed by atoms with Gasteiger partial charge >= 0.3 is 0 Å². The van der Waals surface area contributed by atoms with Crippen LogP contribution in [0.3, 0.4) is 0 Å². The maximum Gasteiger partial charge on any atom is 0.259 e. The van der Waals surface area contributed by atoms with Gasteiger partial charge < -0.3 is 15.2 Å². The van der Waals surface area contributed by atoms with E-state index in [4.69, 9.17) is 27.9 Å². The number of amides is 1. The third-order valence-corrected chi connectivity index (χ3v) is 5.07. The molecule has 0 bridgehead atoms. The quantitative estimate of drug-likeness (QED) is 0.448. The number of anilines is 1. The zero-order chi connectivity index (χ0) is 20.8. The van der Waals surface area contributed by atoms with Crippen LogP contribution < -0.4 is 10.1 Å². The van der Waals surface area contributed by atoms with E-state index in [9.17, 15) is 9.90 Å². The van der Waals surface area contributed by atoms with Crippen molar-refractivity contribution < 1.29 is 14.6 Å². The molecule has 4 nitrogen and oxygen atoms in total. The summed E-state index contributed by atoms with van der Waals surface area (Å²) in [5, 5.41) is 13.5. The molecule has 0 spiro atoms. The van der Waals surface area contributed by atoms with Gasteiger partial charge in [0, 0.05) is 16.0 Å². The van der Waals surface area contributed by atoms with Crippen molar-refractivity contribution in [3.8, 4) is 11.5 Å². The topological polar surface area (TPSA) is 58.6 Å². The highest BCUT2D eigenvalue weighted by atomic mass is 35.5. The fraction of sp³-hybridized carbons (Fsp3) is 0.174. The number of nitrogens with one attached hydrogen (secondary N) is 1. The Balaban J connectivity index is 1.79. The minimum atomic E-state index is -0.507. The summed E-state index contributed by atoms with van der Waals surface area (Å²) < 4.78 is 6.03. The maximum absolute atomic E-state index is 12.6. The molecule has 2 N–H and O–H groups in total. The zero-order valence-electron chi connectivity index (χ0n) is 15.9. The van der Waals surface area contributed by atoms with E-state index in [1.165, 1.54) is 23.8 Å². The van der Waals surface area contributed by atoms with Gasteiger partial charge in [-0.25, -0.2) is 0 Å². The predicted octanol–water partition coefficient (Wildman–Crippen LogP) is 6.52. The molecule has 1 amide bonds. The van der Waals surface area contributed by atoms with E-state index in [1.807, 2.05) is 18.2 Å². The lowest BCUT2D eigenvalue weighted by molar-refractivity contribution is 0.102. The molecule has 1 atom stereocenters. The van der Waals surface area contributed by atoms with Gasteiger partial charge in [-0.2, -0.15) is 0 Å². The van der Waals surface area contributed by atoms with E-state index in [2.05, 4.69) is 24.4 Å². The van der Waals surface area contributed by atoms with Crippen LogP contribution in [0.5, 0.6) is 11.5 Å². The molecule has 0 fully saturated rings. The average Bonchev–Trinajstić information content (AvgIpc) is 2.72. The first-order valence-electron chi connectivity index (χ1n) is 9.25. The third kappa shape index (κ3) is 5.43. The molecule has 3 rings (SSSR count). The summed E-state index contributed by atoms with van der Waals surface area (Å²) >= 11 is 12.1. The first kappa shape index (κ1) is 21.0. The summed E-state index contributed by atoms with van der Waals surface area (Å²) in [5.41, 5.74) is 1.68. The van der Waals surface area contributed by atoms with Crippen molar-refractivity contribution in [2.24, 2.45) is 0 Å². The lowest BCUT2D eigenvalue weighted by atomic mass is 9.97. The van der Waals surface area contributed by atoms with Crippen molar-refractivity contribution in [2.75, 3.05) is 11.9 Å². The first-order valence-corrected chi connectivity index (χ1v) is 10.0. The van der Waals surface area contributed by atoms with Gasteiger partial charge in [-0.15, -0.1) is 0 Å². The van der Waals surface area contributed by atoms with Crippen molar-refractivity contribution in [3.63, 3.8) is 0 Å². The Kier molecular flexibility index (Phi) is 7.02. The largest absolute Gasteiger partial charge is 0.507 e. The van der Waals surface area contributed by atoms with Crippen molar-refractivity contribution in [1.82, 2.24) is 0 Å². The standard InChI is InChI=1S/C23H21Cl2NO3/c1-2-15(16-6-4-3-5-7-16)14-29-22-11-9-18(25)13-20(22)26-23(28)19-12-17(24)8-10-21(19)27/h3-13,15,27H,2,14H2,1H3,(H,26,28). The Bertz CT molecular complexity index is 993. The minimum Gasteiger partial charge on any atom is -0.507 e. The van der Waals surface area contributed by atoms with Gasteiger partial charge in [-0.3, -0.25) is 4.79 Å². The van der Waals surface area contributed by atoms with Crippen LogP contribution in [-0.2, 0) is 0 Å². The number of rotatable bonds is 7. The van der Waals surface area contributed by atoms with E-state index in [1.54, 1.807) is 18.2 Å². The molecule has 6 heteroatoms. The highest BCUT2D eigenvalue weighted by Crippen LogP contribution is 2.31. The van der Waals surface area contributed by atoms with Crippen molar-refractivity contribution in [1.29, 1.82) is 0 Å². The SMILES string of the molecule is CCC(COc1ccc(Cl)cc1NC(=O)c1cc(Cl)ccc1O)c1ccccc1. The molecular weight excluding hydrogens is 409 g/mol. The molecule has 150 valence electrons. The monoisotopic (exact) mass is 429 g/mol. The second-order valence-corrected chi connectivity index (χ2v) is 7.46. The summed E-state index contributed by atoms with van der Waals surface area (Å²) in [6.45, 7) is 2.56. The highest BCUT2D eigenvalue weighted by Gasteiger charge is 2.16. The molecule has 0 radical (unpaired) electrons. The second kappa shape index (κ2) is 9.68. The predicted molar refractivity (Wildman–Crippen MR) is 117 cm³/mol. The Hall–Kier alpha value is -2.69. The van der Waals surface area contributed by atoms with Crippen LogP contribution in [0.2, 0.25) is 10.0 Å². The minimum absolute atomic E-state index is 0.0687. The molecule has 0 saturated heterocycles. The van der Waals surface area contributed by atoms with Crippen LogP contribution in [0.4, 0.5) is 5.69 Å². The number of hydrogen-bond acceptors (Lipinski definition) is 3. The highest BCUT2D eigenvalue weighted by molar-refractivity contribution is 6.31. The normalized spacial score (nSPS) is 11.7. The third-order valence-electron chi connectivity index (χ3n) is 4.60. The number of aromatic hydroxyl groups is 1. The van der Waals surface area contributed by atoms with Crippen molar-refractivity contribution in [2.45, 2.75) is 19.3 Å². The molecule has 3 aromatic carbocycles. The van der Waals surface area contributed by atoms with Crippen LogP contribution in [0.15, 0.2) is 66.7 Å². The molecule has 0 aromatic heterocycles. The molecule has 29 heavy (non-hydrogen) atoms. The molecular formula is C23H21Cl2NO3. The van der Waals surface area contributed by atoms with Crippen LogP contribution in [0.1, 0.15) is 35.2 Å². The van der Waals surface area contributed by atoms with Crippen molar-refractivity contribution in [3.05, 3.63) is 87.9 Å². The summed E-state index contributed by atoms with van der Waals surface area (Å²) in [6, 6.07) is 19.4. The number of carbonyl (C=O) groups excluding carboxylic acids is 1. The van der Waals surface area contributed by atoms with Gasteiger partial charge in [0.25, 0.3) is 5.91 Å². The molecule has 0 aliphatic rings. The van der Waals surface area contributed by atoms with Crippen LogP contribution in [0, 0.1) is 0 Å². The van der Waals surface area contributed by atoms with E-state index >= 15 is 0 Å². The van der Waals surface area contributed by atoms with Gasteiger partial charge in [0.1, 0.15) is 11.5 Å². The first-order chi connectivity index (χ1) is 14.0. The molecule has 0 aliphatic heterocycles. The Morgan fingerprint density at radius 2 is 1.72 bits per heavy atom. The number of halogens is 2. The molecule has 0 heterocycles. The average molecular weight is 430 g/mol. The Morgan fingerprint density at radius 3 is 2.45 bits per heavy atom.